The molecule has 0 saturated carbocycles. The van der Waals surface area contributed by atoms with Crippen LogP contribution in [0.5, 0.6) is 0 Å². The Hall–Kier alpha value is -1.94. The highest BCUT2D eigenvalue weighted by Crippen LogP contribution is 2.34. The second-order valence-corrected chi connectivity index (χ2v) is 8.12. The average Bonchev–Trinajstić information content (AvgIpc) is 2.61. The van der Waals surface area contributed by atoms with Crippen LogP contribution in [0.1, 0.15) is 66.4 Å². The molecule has 0 unspecified atom stereocenters. The summed E-state index contributed by atoms with van der Waals surface area (Å²) in [6.07, 6.45) is 4.86. The number of hydrogen-bond donors (Lipinski definition) is 2. The molecule has 0 aromatic heterocycles. The lowest BCUT2D eigenvalue weighted by Crippen LogP contribution is -2.23. The van der Waals surface area contributed by atoms with E-state index in [4.69, 9.17) is 18.0 Å². The van der Waals surface area contributed by atoms with Gasteiger partial charge in [0.25, 0.3) is 0 Å². The molecule has 0 bridgehead atoms. The number of nitrogens with one attached hydrogen (secondary N) is 1. The zero-order valence-electron chi connectivity index (χ0n) is 17.8. The van der Waals surface area contributed by atoms with Gasteiger partial charge in [-0.3, -0.25) is 0 Å². The molecule has 148 valence electrons. The number of unbranched alkanes of at least 4 members (excludes halogenated alkanes) is 2. The van der Waals surface area contributed by atoms with Gasteiger partial charge in [0.1, 0.15) is 5.84 Å². The summed E-state index contributed by atoms with van der Waals surface area (Å²) in [5.74, 6) is 0.440. The maximum atomic E-state index is 6.20. The van der Waals surface area contributed by atoms with E-state index in [2.05, 4.69) is 56.7 Å². The van der Waals surface area contributed by atoms with Gasteiger partial charge >= 0.3 is 0 Å². The summed E-state index contributed by atoms with van der Waals surface area (Å²) in [6.45, 7) is 16.7. The molecule has 1 aromatic carbocycles. The molecule has 0 aliphatic rings. The molecular weight excluding hydrogens is 350 g/mol. The fourth-order valence-electron chi connectivity index (χ4n) is 2.66. The fraction of sp³-hybridized carbons (Fsp3) is 0.478. The van der Waals surface area contributed by atoms with Crippen molar-refractivity contribution in [2.45, 2.75) is 67.2 Å². The number of nitrogens with zero attached hydrogens (tertiary/aromatic N) is 1. The van der Waals surface area contributed by atoms with Gasteiger partial charge in [-0.1, -0.05) is 63.5 Å². The maximum Gasteiger partial charge on any atom is 0.199 e. The summed E-state index contributed by atoms with van der Waals surface area (Å²) >= 11 is 5.36. The molecule has 3 N–H and O–H groups in total. The van der Waals surface area contributed by atoms with E-state index in [1.165, 1.54) is 24.8 Å². The van der Waals surface area contributed by atoms with E-state index in [0.717, 1.165) is 28.8 Å². The first-order valence-electron chi connectivity index (χ1n) is 9.68. The van der Waals surface area contributed by atoms with E-state index in [9.17, 15) is 0 Å². The van der Waals surface area contributed by atoms with Crippen LogP contribution in [0.15, 0.2) is 52.6 Å². The van der Waals surface area contributed by atoms with Crippen molar-refractivity contribution in [1.82, 2.24) is 0 Å². The van der Waals surface area contributed by atoms with E-state index >= 15 is 0 Å². The topological polar surface area (TPSA) is 50.4 Å². The summed E-state index contributed by atoms with van der Waals surface area (Å²) in [5, 5.41) is 3.51. The number of rotatable bonds is 8. The van der Waals surface area contributed by atoms with Crippen LogP contribution in [0.3, 0.4) is 0 Å². The van der Waals surface area contributed by atoms with Gasteiger partial charge in [0.05, 0.1) is 0 Å². The molecule has 1 rings (SSSR count). The minimum Gasteiger partial charge on any atom is -0.383 e. The molecule has 0 aliphatic carbocycles. The Morgan fingerprint density at radius 1 is 1.15 bits per heavy atom. The monoisotopic (exact) mass is 385 g/mol. The van der Waals surface area contributed by atoms with Gasteiger partial charge < -0.3 is 11.1 Å². The van der Waals surface area contributed by atoms with Crippen molar-refractivity contribution in [3.05, 3.63) is 53.1 Å². The van der Waals surface area contributed by atoms with Gasteiger partial charge in [0.2, 0.25) is 0 Å². The van der Waals surface area contributed by atoms with Crippen LogP contribution >= 0.6 is 12.2 Å². The highest BCUT2D eigenvalue weighted by Gasteiger charge is 2.23. The van der Waals surface area contributed by atoms with Gasteiger partial charge in [-0.05, 0) is 69.1 Å². The van der Waals surface area contributed by atoms with Gasteiger partial charge in [-0.2, -0.15) is 0 Å². The summed E-state index contributed by atoms with van der Waals surface area (Å²) in [5.41, 5.74) is 11.5. The number of amidine groups is 1. The lowest BCUT2D eigenvalue weighted by molar-refractivity contribution is 0.537. The first-order chi connectivity index (χ1) is 12.6. The Kier molecular flexibility index (Phi) is 8.91. The van der Waals surface area contributed by atoms with Crippen molar-refractivity contribution in [2.24, 2.45) is 16.1 Å². The number of aliphatic imine (C=N–C) groups is 1. The number of anilines is 1. The third kappa shape index (κ3) is 6.94. The molecule has 0 fully saturated rings. The molecule has 0 aliphatic heterocycles. The molecule has 0 amide bonds. The fourth-order valence-corrected chi connectivity index (χ4v) is 2.88. The Bertz CT molecular complexity index is 724. The molecule has 0 atom stereocenters. The predicted molar refractivity (Wildman–Crippen MR) is 124 cm³/mol. The van der Waals surface area contributed by atoms with Crippen LogP contribution in [0.2, 0.25) is 0 Å². The molecule has 0 heterocycles. The first kappa shape index (κ1) is 23.1. The molecule has 4 heteroatoms. The molecule has 0 spiro atoms. The number of hydrogen-bond acceptors (Lipinski definition) is 1. The highest BCUT2D eigenvalue weighted by atomic mass is 32.1. The Balaban J connectivity index is 2.81. The SMILES string of the molecule is C=C(C)C(C)(C)/C(C)=C(C)/C(N)=N/C(=S)Nc1ccc(CCCCC)cc1. The molecule has 0 saturated heterocycles. The molecule has 0 radical (unpaired) electrons. The quantitative estimate of drug-likeness (QED) is 0.179. The summed E-state index contributed by atoms with van der Waals surface area (Å²) < 4.78 is 0. The zero-order chi connectivity index (χ0) is 20.6. The van der Waals surface area contributed by atoms with Gasteiger partial charge in [-0.15, -0.1) is 0 Å². The van der Waals surface area contributed by atoms with Crippen molar-refractivity contribution in [3.63, 3.8) is 0 Å². The van der Waals surface area contributed by atoms with Crippen LogP contribution in [0.25, 0.3) is 0 Å². The third-order valence-corrected chi connectivity index (χ3v) is 5.64. The minimum atomic E-state index is -0.132. The first-order valence-corrected chi connectivity index (χ1v) is 10.1. The van der Waals surface area contributed by atoms with E-state index in [1.54, 1.807) is 0 Å². The number of nitrogens with two attached hydrogens (primary N) is 1. The van der Waals surface area contributed by atoms with Crippen LogP contribution in [0, 0.1) is 5.41 Å². The van der Waals surface area contributed by atoms with Crippen LogP contribution in [0.4, 0.5) is 5.69 Å². The third-order valence-electron chi connectivity index (χ3n) is 5.45. The smallest absolute Gasteiger partial charge is 0.199 e. The molecule has 1 aromatic rings. The Labute approximate surface area is 170 Å². The average molecular weight is 386 g/mol. The van der Waals surface area contributed by atoms with E-state index < -0.39 is 0 Å². The Morgan fingerprint density at radius 2 is 1.74 bits per heavy atom. The van der Waals surface area contributed by atoms with Crippen LogP contribution in [-0.2, 0) is 6.42 Å². The number of allylic oxidation sites excluding steroid dienone is 2. The second kappa shape index (κ2) is 10.4. The van der Waals surface area contributed by atoms with Crippen molar-refractivity contribution in [1.29, 1.82) is 0 Å². The van der Waals surface area contributed by atoms with Crippen molar-refractivity contribution in [3.8, 4) is 0 Å². The Morgan fingerprint density at radius 3 is 2.26 bits per heavy atom. The van der Waals surface area contributed by atoms with Gasteiger partial charge in [-0.25, -0.2) is 4.99 Å². The molecular formula is C23H35N3S. The normalized spacial score (nSPS) is 13.2. The van der Waals surface area contributed by atoms with Crippen LogP contribution < -0.4 is 11.1 Å². The van der Waals surface area contributed by atoms with E-state index in [1.807, 2.05) is 26.0 Å². The lowest BCUT2D eigenvalue weighted by atomic mass is 9.77. The summed E-state index contributed by atoms with van der Waals surface area (Å²) in [7, 11) is 0. The van der Waals surface area contributed by atoms with Crippen molar-refractivity contribution >= 4 is 28.9 Å². The lowest BCUT2D eigenvalue weighted by Gasteiger charge is -2.28. The van der Waals surface area contributed by atoms with E-state index in [0.29, 0.717) is 10.9 Å². The summed E-state index contributed by atoms with van der Waals surface area (Å²) in [6, 6.07) is 8.35. The maximum absolute atomic E-state index is 6.20. The molecule has 27 heavy (non-hydrogen) atoms. The largest absolute Gasteiger partial charge is 0.383 e. The van der Waals surface area contributed by atoms with E-state index in [-0.39, 0.29) is 5.41 Å². The molecule has 3 nitrogen and oxygen atoms in total. The van der Waals surface area contributed by atoms with Gasteiger partial charge in [0.15, 0.2) is 5.11 Å². The standard InChI is InChI=1S/C23H35N3S/c1-8-9-10-11-19-12-14-20(15-13-19)25-22(27)26-21(24)17(4)18(5)23(6,7)16(2)3/h12-15H,2,8-11H2,1,3-7H3,(H3,24,25,26,27)/b18-17+. The number of thiocarbonyl (C=S) groups is 1. The van der Waals surface area contributed by atoms with Crippen molar-refractivity contribution in [2.75, 3.05) is 5.32 Å². The van der Waals surface area contributed by atoms with Crippen LogP contribution in [-0.4, -0.2) is 10.9 Å². The van der Waals surface area contributed by atoms with Crippen molar-refractivity contribution < 1.29 is 0 Å². The van der Waals surface area contributed by atoms with Gasteiger partial charge in [0, 0.05) is 11.1 Å². The second-order valence-electron chi connectivity index (χ2n) is 7.74. The predicted octanol–water partition coefficient (Wildman–Crippen LogP) is 6.41. The summed E-state index contributed by atoms with van der Waals surface area (Å²) in [4.78, 5) is 4.38. The minimum absolute atomic E-state index is 0.132. The zero-order valence-corrected chi connectivity index (χ0v) is 18.6. The highest BCUT2D eigenvalue weighted by molar-refractivity contribution is 7.80. The number of aryl methyl sites for hydroxylation is 1. The number of benzene rings is 1.